The molecule has 2 N–H and O–H groups in total. The quantitative estimate of drug-likeness (QED) is 0.576. The van der Waals surface area contributed by atoms with Gasteiger partial charge in [0.15, 0.2) is 18.1 Å². The molecule has 0 fully saturated rings. The maximum absolute atomic E-state index is 12.2. The van der Waals surface area contributed by atoms with Crippen LogP contribution >= 0.6 is 0 Å². The van der Waals surface area contributed by atoms with Crippen LogP contribution in [0.3, 0.4) is 0 Å². The second-order valence-corrected chi connectivity index (χ2v) is 6.55. The van der Waals surface area contributed by atoms with Gasteiger partial charge in [-0.15, -0.1) is 0 Å². The standard InChI is InChI=1S/C22H22N2O8/c1-2-29-15-8-4-3-7-14(15)21(27)23-11-20(26)31-13-19(25)24-22(28)18-12-30-16-9-5-6-10-17(16)32-18/h3-10,18H,2,11-13H2,1H3,(H,23,27)(H,24,25,28). The summed E-state index contributed by atoms with van der Waals surface area (Å²) in [4.78, 5) is 48.2. The van der Waals surface area contributed by atoms with Crippen LogP contribution in [0.4, 0.5) is 0 Å². The minimum absolute atomic E-state index is 0.0643. The molecule has 2 aromatic carbocycles. The van der Waals surface area contributed by atoms with Crippen LogP contribution in [0, 0.1) is 0 Å². The lowest BCUT2D eigenvalue weighted by Gasteiger charge is -2.25. The Balaban J connectivity index is 1.40. The fourth-order valence-corrected chi connectivity index (χ4v) is 2.78. The molecule has 32 heavy (non-hydrogen) atoms. The van der Waals surface area contributed by atoms with Crippen molar-refractivity contribution < 1.29 is 38.1 Å². The molecule has 0 aromatic heterocycles. The number of fused-ring (bicyclic) bond motifs is 1. The Morgan fingerprint density at radius 2 is 1.75 bits per heavy atom. The number of amides is 3. The summed E-state index contributed by atoms with van der Waals surface area (Å²) in [6.45, 7) is 0.945. The molecule has 0 spiro atoms. The molecule has 1 unspecified atom stereocenters. The number of hydrogen-bond donors (Lipinski definition) is 2. The van der Waals surface area contributed by atoms with Gasteiger partial charge in [0.2, 0.25) is 6.10 Å². The van der Waals surface area contributed by atoms with Crippen LogP contribution in [0.5, 0.6) is 17.2 Å². The van der Waals surface area contributed by atoms with E-state index in [9.17, 15) is 19.2 Å². The average Bonchev–Trinajstić information content (AvgIpc) is 2.81. The van der Waals surface area contributed by atoms with E-state index >= 15 is 0 Å². The van der Waals surface area contributed by atoms with Crippen LogP contribution in [0.25, 0.3) is 0 Å². The van der Waals surface area contributed by atoms with E-state index in [2.05, 4.69) is 10.6 Å². The lowest BCUT2D eigenvalue weighted by molar-refractivity contribution is -0.149. The van der Waals surface area contributed by atoms with E-state index < -0.39 is 42.9 Å². The molecule has 1 aliphatic heterocycles. The molecule has 3 amide bonds. The Morgan fingerprint density at radius 3 is 2.53 bits per heavy atom. The second-order valence-electron chi connectivity index (χ2n) is 6.55. The maximum Gasteiger partial charge on any atom is 0.325 e. The number of para-hydroxylation sites is 3. The van der Waals surface area contributed by atoms with Crippen molar-refractivity contribution in [3.05, 3.63) is 54.1 Å². The molecule has 1 atom stereocenters. The summed E-state index contributed by atoms with van der Waals surface area (Å²) in [5, 5.41) is 4.48. The fraction of sp³-hybridized carbons (Fsp3) is 0.273. The van der Waals surface area contributed by atoms with E-state index in [1.54, 1.807) is 55.5 Å². The van der Waals surface area contributed by atoms with Crippen molar-refractivity contribution in [1.29, 1.82) is 0 Å². The third-order valence-electron chi connectivity index (χ3n) is 4.25. The molecule has 0 aliphatic carbocycles. The first-order valence-corrected chi connectivity index (χ1v) is 9.85. The number of imide groups is 1. The van der Waals surface area contributed by atoms with Crippen molar-refractivity contribution in [2.75, 3.05) is 26.4 Å². The summed E-state index contributed by atoms with van der Waals surface area (Å²) in [5.74, 6) is -1.65. The largest absolute Gasteiger partial charge is 0.493 e. The molecule has 10 nitrogen and oxygen atoms in total. The zero-order chi connectivity index (χ0) is 22.9. The van der Waals surface area contributed by atoms with Gasteiger partial charge in [0, 0.05) is 0 Å². The second kappa shape index (κ2) is 10.8. The third kappa shape index (κ3) is 5.97. The first-order chi connectivity index (χ1) is 15.5. The van der Waals surface area contributed by atoms with Crippen LogP contribution < -0.4 is 24.8 Å². The molecule has 0 radical (unpaired) electrons. The van der Waals surface area contributed by atoms with Crippen molar-refractivity contribution in [1.82, 2.24) is 10.6 Å². The fourth-order valence-electron chi connectivity index (χ4n) is 2.78. The van der Waals surface area contributed by atoms with Crippen molar-refractivity contribution in [3.8, 4) is 17.2 Å². The van der Waals surface area contributed by atoms with Gasteiger partial charge < -0.3 is 24.3 Å². The van der Waals surface area contributed by atoms with Gasteiger partial charge in [-0.05, 0) is 31.2 Å². The highest BCUT2D eigenvalue weighted by molar-refractivity contribution is 6.00. The van der Waals surface area contributed by atoms with E-state index in [1.807, 2.05) is 0 Å². The molecule has 0 saturated heterocycles. The number of ether oxygens (including phenoxy) is 4. The summed E-state index contributed by atoms with van der Waals surface area (Å²) in [6.07, 6.45) is -1.02. The smallest absolute Gasteiger partial charge is 0.325 e. The van der Waals surface area contributed by atoms with Gasteiger partial charge in [-0.25, -0.2) is 0 Å². The number of hydrogen-bond acceptors (Lipinski definition) is 8. The number of nitrogens with one attached hydrogen (secondary N) is 2. The van der Waals surface area contributed by atoms with Crippen molar-refractivity contribution in [3.63, 3.8) is 0 Å². The van der Waals surface area contributed by atoms with Crippen LogP contribution in [-0.4, -0.2) is 56.2 Å². The molecule has 10 heteroatoms. The highest BCUT2D eigenvalue weighted by Crippen LogP contribution is 2.30. The van der Waals surface area contributed by atoms with Crippen molar-refractivity contribution in [2.24, 2.45) is 0 Å². The topological polar surface area (TPSA) is 129 Å². The van der Waals surface area contributed by atoms with Crippen LogP contribution in [-0.2, 0) is 19.1 Å². The van der Waals surface area contributed by atoms with E-state index in [-0.39, 0.29) is 12.2 Å². The minimum atomic E-state index is -1.02. The van der Waals surface area contributed by atoms with Crippen LogP contribution in [0.2, 0.25) is 0 Å². The predicted molar refractivity (Wildman–Crippen MR) is 110 cm³/mol. The zero-order valence-corrected chi connectivity index (χ0v) is 17.3. The minimum Gasteiger partial charge on any atom is -0.493 e. The summed E-state index contributed by atoms with van der Waals surface area (Å²) in [5.41, 5.74) is 0.266. The SMILES string of the molecule is CCOc1ccccc1C(=O)NCC(=O)OCC(=O)NC(=O)C1COc2ccccc2O1. The number of carbonyl (C=O) groups excluding carboxylic acids is 4. The highest BCUT2D eigenvalue weighted by Gasteiger charge is 2.28. The van der Waals surface area contributed by atoms with Crippen LogP contribution in [0.1, 0.15) is 17.3 Å². The van der Waals surface area contributed by atoms with Gasteiger partial charge in [0.05, 0.1) is 12.2 Å². The summed E-state index contributed by atoms with van der Waals surface area (Å²) in [7, 11) is 0. The Hall–Kier alpha value is -4.08. The lowest BCUT2D eigenvalue weighted by atomic mass is 10.2. The van der Waals surface area contributed by atoms with E-state index in [1.165, 1.54) is 0 Å². The summed E-state index contributed by atoms with van der Waals surface area (Å²) >= 11 is 0. The van der Waals surface area contributed by atoms with Gasteiger partial charge >= 0.3 is 5.97 Å². The predicted octanol–water partition coefficient (Wildman–Crippen LogP) is 0.841. The molecule has 0 bridgehead atoms. The first-order valence-electron chi connectivity index (χ1n) is 9.85. The lowest BCUT2D eigenvalue weighted by Crippen LogP contribution is -2.47. The van der Waals surface area contributed by atoms with Crippen LogP contribution in [0.15, 0.2) is 48.5 Å². The zero-order valence-electron chi connectivity index (χ0n) is 17.3. The number of rotatable bonds is 8. The van der Waals surface area contributed by atoms with Gasteiger partial charge in [0.25, 0.3) is 17.7 Å². The monoisotopic (exact) mass is 442 g/mol. The molecule has 1 heterocycles. The molecule has 2 aromatic rings. The van der Waals surface area contributed by atoms with Gasteiger partial charge in [-0.1, -0.05) is 24.3 Å². The van der Waals surface area contributed by atoms with Gasteiger partial charge in [0.1, 0.15) is 18.9 Å². The molecular weight excluding hydrogens is 420 g/mol. The molecule has 1 aliphatic rings. The number of carbonyl (C=O) groups is 4. The average molecular weight is 442 g/mol. The summed E-state index contributed by atoms with van der Waals surface area (Å²) < 4.78 is 21.1. The van der Waals surface area contributed by atoms with Crippen molar-refractivity contribution >= 4 is 23.7 Å². The highest BCUT2D eigenvalue weighted by atomic mass is 16.6. The van der Waals surface area contributed by atoms with Gasteiger partial charge in [-0.2, -0.15) is 0 Å². The molecule has 0 saturated carbocycles. The number of esters is 1. The van der Waals surface area contributed by atoms with E-state index in [0.717, 1.165) is 0 Å². The molecule has 3 rings (SSSR count). The van der Waals surface area contributed by atoms with E-state index in [0.29, 0.717) is 23.9 Å². The Labute approximate surface area is 183 Å². The third-order valence-corrected chi connectivity index (χ3v) is 4.25. The first kappa shape index (κ1) is 22.6. The number of benzene rings is 2. The summed E-state index contributed by atoms with van der Waals surface area (Å²) in [6, 6.07) is 13.4. The Kier molecular flexibility index (Phi) is 7.63. The van der Waals surface area contributed by atoms with E-state index in [4.69, 9.17) is 18.9 Å². The van der Waals surface area contributed by atoms with Crippen molar-refractivity contribution in [2.45, 2.75) is 13.0 Å². The molecule has 168 valence electrons. The Bertz CT molecular complexity index is 1010. The molecular formula is C22H22N2O8. The van der Waals surface area contributed by atoms with Gasteiger partial charge in [-0.3, -0.25) is 24.5 Å². The Morgan fingerprint density at radius 1 is 1.03 bits per heavy atom. The normalized spacial score (nSPS) is 14.1. The maximum atomic E-state index is 12.2.